The summed E-state index contributed by atoms with van der Waals surface area (Å²) < 4.78 is 0.713. The van der Waals surface area contributed by atoms with Gasteiger partial charge in [0.15, 0.2) is 12.4 Å². The van der Waals surface area contributed by atoms with E-state index in [1.165, 1.54) is 18.6 Å². The van der Waals surface area contributed by atoms with Crippen LogP contribution in [0.1, 0.15) is 5.56 Å². The molecule has 0 spiro atoms. The van der Waals surface area contributed by atoms with Gasteiger partial charge in [-0.25, -0.2) is 0 Å². The zero-order valence-electron chi connectivity index (χ0n) is 7.79. The smallest absolute Gasteiger partial charge is 0.180 e. The van der Waals surface area contributed by atoms with Gasteiger partial charge in [0.2, 0.25) is 0 Å². The van der Waals surface area contributed by atoms with Gasteiger partial charge in [0, 0.05) is 30.1 Å². The van der Waals surface area contributed by atoms with Crippen LogP contribution in [-0.2, 0) is 0 Å². The van der Waals surface area contributed by atoms with Crippen molar-refractivity contribution >= 4 is 0 Å². The number of pyridine rings is 2. The first-order valence-corrected chi connectivity index (χ1v) is 4.34. The third-order valence-electron chi connectivity index (χ3n) is 2.00. The van der Waals surface area contributed by atoms with Crippen molar-refractivity contribution in [3.05, 3.63) is 53.8 Å². The standard InChI is InChI=1S/C11H7N3O/c12-6-9-5-11(8-13-7-9)10-1-3-14(15)4-2-10/h1-5,7-8H. The highest BCUT2D eigenvalue weighted by Crippen LogP contribution is 2.17. The molecule has 72 valence electrons. The van der Waals surface area contributed by atoms with Crippen LogP contribution in [0, 0.1) is 16.5 Å². The van der Waals surface area contributed by atoms with Crippen molar-refractivity contribution in [2.24, 2.45) is 0 Å². The van der Waals surface area contributed by atoms with E-state index in [1.54, 1.807) is 24.4 Å². The summed E-state index contributed by atoms with van der Waals surface area (Å²) >= 11 is 0. The Morgan fingerprint density at radius 2 is 1.93 bits per heavy atom. The van der Waals surface area contributed by atoms with Gasteiger partial charge in [-0.15, -0.1) is 0 Å². The monoisotopic (exact) mass is 197 g/mol. The van der Waals surface area contributed by atoms with Crippen molar-refractivity contribution in [2.45, 2.75) is 0 Å². The average molecular weight is 197 g/mol. The Bertz CT molecular complexity index is 514. The third kappa shape index (κ3) is 1.92. The van der Waals surface area contributed by atoms with E-state index < -0.39 is 0 Å². The van der Waals surface area contributed by atoms with Crippen LogP contribution < -0.4 is 4.73 Å². The molecule has 0 aromatic carbocycles. The van der Waals surface area contributed by atoms with Crippen molar-refractivity contribution in [3.63, 3.8) is 0 Å². The first kappa shape index (κ1) is 9.16. The van der Waals surface area contributed by atoms with Gasteiger partial charge >= 0.3 is 0 Å². The molecule has 2 aromatic rings. The van der Waals surface area contributed by atoms with E-state index in [-0.39, 0.29) is 0 Å². The molecule has 0 fully saturated rings. The molecule has 15 heavy (non-hydrogen) atoms. The van der Waals surface area contributed by atoms with Gasteiger partial charge in [-0.3, -0.25) is 4.98 Å². The number of hydrogen-bond acceptors (Lipinski definition) is 3. The molecule has 2 aromatic heterocycles. The van der Waals surface area contributed by atoms with E-state index >= 15 is 0 Å². The highest BCUT2D eigenvalue weighted by Gasteiger charge is 2.00. The molecule has 4 nitrogen and oxygen atoms in total. The molecular formula is C11H7N3O. The average Bonchev–Trinajstić information content (AvgIpc) is 2.30. The molecule has 2 rings (SSSR count). The fourth-order valence-corrected chi connectivity index (χ4v) is 1.26. The highest BCUT2D eigenvalue weighted by atomic mass is 16.5. The Kier molecular flexibility index (Phi) is 2.30. The summed E-state index contributed by atoms with van der Waals surface area (Å²) in [6, 6.07) is 7.12. The fourth-order valence-electron chi connectivity index (χ4n) is 1.26. The maximum atomic E-state index is 10.8. The predicted octanol–water partition coefficient (Wildman–Crippen LogP) is 1.25. The number of hydrogen-bond donors (Lipinski definition) is 0. The molecule has 0 saturated carbocycles. The molecule has 0 N–H and O–H groups in total. The van der Waals surface area contributed by atoms with Crippen LogP contribution in [0.2, 0.25) is 0 Å². The zero-order chi connectivity index (χ0) is 10.7. The molecular weight excluding hydrogens is 190 g/mol. The minimum absolute atomic E-state index is 0.506. The van der Waals surface area contributed by atoms with Gasteiger partial charge in [0.05, 0.1) is 5.56 Å². The lowest BCUT2D eigenvalue weighted by Gasteiger charge is -2.00. The topological polar surface area (TPSA) is 63.6 Å². The number of aromatic nitrogens is 2. The minimum atomic E-state index is 0.506. The minimum Gasteiger partial charge on any atom is -0.619 e. The summed E-state index contributed by atoms with van der Waals surface area (Å²) in [7, 11) is 0. The van der Waals surface area contributed by atoms with Gasteiger partial charge in [0.25, 0.3) is 0 Å². The van der Waals surface area contributed by atoms with Gasteiger partial charge in [-0.1, -0.05) is 0 Å². The van der Waals surface area contributed by atoms with Gasteiger partial charge < -0.3 is 5.21 Å². The third-order valence-corrected chi connectivity index (χ3v) is 2.00. The summed E-state index contributed by atoms with van der Waals surface area (Å²) in [5, 5.41) is 19.5. The predicted molar refractivity (Wildman–Crippen MR) is 53.3 cm³/mol. The second-order valence-electron chi connectivity index (χ2n) is 3.02. The number of nitriles is 1. The normalized spacial score (nSPS) is 9.53. The summed E-state index contributed by atoms with van der Waals surface area (Å²) in [4.78, 5) is 3.95. The van der Waals surface area contributed by atoms with Crippen LogP contribution in [-0.4, -0.2) is 4.98 Å². The number of rotatable bonds is 1. The van der Waals surface area contributed by atoms with Crippen LogP contribution >= 0.6 is 0 Å². The van der Waals surface area contributed by atoms with Crippen molar-refractivity contribution in [3.8, 4) is 17.2 Å². The molecule has 0 aliphatic heterocycles. The Morgan fingerprint density at radius 1 is 1.20 bits per heavy atom. The first-order valence-electron chi connectivity index (χ1n) is 4.34. The van der Waals surface area contributed by atoms with Crippen LogP contribution in [0.3, 0.4) is 0 Å². The van der Waals surface area contributed by atoms with Crippen molar-refractivity contribution < 1.29 is 4.73 Å². The van der Waals surface area contributed by atoms with Crippen molar-refractivity contribution in [1.29, 1.82) is 5.26 Å². The Labute approximate surface area is 86.6 Å². The van der Waals surface area contributed by atoms with E-state index in [2.05, 4.69) is 4.98 Å². The molecule has 0 radical (unpaired) electrons. The molecule has 0 saturated heterocycles. The van der Waals surface area contributed by atoms with Crippen LogP contribution in [0.5, 0.6) is 0 Å². The lowest BCUT2D eigenvalue weighted by Crippen LogP contribution is -2.23. The molecule has 0 atom stereocenters. The molecule has 2 heterocycles. The summed E-state index contributed by atoms with van der Waals surface area (Å²) in [6.45, 7) is 0. The van der Waals surface area contributed by atoms with Crippen LogP contribution in [0.25, 0.3) is 11.1 Å². The number of nitrogens with zero attached hydrogens (tertiary/aromatic N) is 3. The largest absolute Gasteiger partial charge is 0.619 e. The summed E-state index contributed by atoms with van der Waals surface area (Å²) in [6.07, 6.45) is 5.98. The van der Waals surface area contributed by atoms with Crippen molar-refractivity contribution in [1.82, 2.24) is 4.98 Å². The summed E-state index contributed by atoms with van der Waals surface area (Å²) in [5.41, 5.74) is 2.20. The molecule has 4 heteroatoms. The van der Waals surface area contributed by atoms with Crippen LogP contribution in [0.4, 0.5) is 0 Å². The molecule has 0 aliphatic carbocycles. The van der Waals surface area contributed by atoms with Gasteiger partial charge in [0.1, 0.15) is 6.07 Å². The SMILES string of the molecule is N#Cc1cncc(-c2cc[n+]([O-])cc2)c1. The Hall–Kier alpha value is -2.41. The maximum absolute atomic E-state index is 10.8. The molecule has 0 amide bonds. The molecule has 0 bridgehead atoms. The Balaban J connectivity index is 2.46. The second-order valence-corrected chi connectivity index (χ2v) is 3.02. The van der Waals surface area contributed by atoms with E-state index in [9.17, 15) is 5.21 Å². The van der Waals surface area contributed by atoms with E-state index in [0.717, 1.165) is 11.1 Å². The highest BCUT2D eigenvalue weighted by molar-refractivity contribution is 5.62. The van der Waals surface area contributed by atoms with Gasteiger partial charge in [-0.05, 0) is 11.6 Å². The lowest BCUT2D eigenvalue weighted by molar-refractivity contribution is -0.605. The quantitative estimate of drug-likeness (QED) is 0.510. The van der Waals surface area contributed by atoms with Crippen molar-refractivity contribution in [2.75, 3.05) is 0 Å². The Morgan fingerprint density at radius 3 is 2.60 bits per heavy atom. The van der Waals surface area contributed by atoms with Gasteiger partial charge in [-0.2, -0.15) is 9.99 Å². The first-order chi connectivity index (χ1) is 7.29. The van der Waals surface area contributed by atoms with Crippen LogP contribution in [0.15, 0.2) is 43.0 Å². The summed E-state index contributed by atoms with van der Waals surface area (Å²) in [5.74, 6) is 0. The molecule has 0 aliphatic rings. The second kappa shape index (κ2) is 3.76. The molecule has 0 unspecified atom stereocenters. The zero-order valence-corrected chi connectivity index (χ0v) is 7.79. The van der Waals surface area contributed by atoms with E-state index in [4.69, 9.17) is 5.26 Å². The van der Waals surface area contributed by atoms with E-state index in [1.807, 2.05) is 6.07 Å². The fraction of sp³-hybridized carbons (Fsp3) is 0. The lowest BCUT2D eigenvalue weighted by atomic mass is 10.1. The van der Waals surface area contributed by atoms with E-state index in [0.29, 0.717) is 10.3 Å². The maximum Gasteiger partial charge on any atom is 0.180 e.